The van der Waals surface area contributed by atoms with Gasteiger partial charge < -0.3 is 15.5 Å². The van der Waals surface area contributed by atoms with Crippen LogP contribution < -0.4 is 15.5 Å². The summed E-state index contributed by atoms with van der Waals surface area (Å²) in [5.74, 6) is 0.278. The summed E-state index contributed by atoms with van der Waals surface area (Å²) in [6.45, 7) is 3.99. The van der Waals surface area contributed by atoms with Crippen LogP contribution in [0.3, 0.4) is 0 Å². The third-order valence-electron chi connectivity index (χ3n) is 5.19. The summed E-state index contributed by atoms with van der Waals surface area (Å²) < 4.78 is 21.1. The number of nitrogens with zero attached hydrogens (tertiary/aromatic N) is 2. The molecule has 1 aromatic heterocycles. The zero-order valence-electron chi connectivity index (χ0n) is 15.9. The van der Waals surface area contributed by atoms with Crippen LogP contribution >= 0.6 is 11.8 Å². The topological polar surface area (TPSA) is 68.2 Å². The van der Waals surface area contributed by atoms with Gasteiger partial charge in [-0.05, 0) is 48.7 Å². The van der Waals surface area contributed by atoms with Gasteiger partial charge in [-0.2, -0.15) is 0 Å². The Morgan fingerprint density at radius 2 is 2.00 bits per heavy atom. The van der Waals surface area contributed by atoms with Crippen molar-refractivity contribution in [3.8, 4) is 5.75 Å². The molecule has 1 amide bonds. The van der Waals surface area contributed by atoms with Crippen LogP contribution in [0.5, 0.6) is 5.75 Å². The van der Waals surface area contributed by atoms with Crippen molar-refractivity contribution in [1.82, 2.24) is 9.66 Å². The van der Waals surface area contributed by atoms with Crippen LogP contribution in [0.25, 0.3) is 0 Å². The van der Waals surface area contributed by atoms with Crippen molar-refractivity contribution in [2.75, 3.05) is 17.3 Å². The van der Waals surface area contributed by atoms with Crippen LogP contribution in [0.4, 0.5) is 10.1 Å². The minimum Gasteiger partial charge on any atom is -0.481 e. The first-order chi connectivity index (χ1) is 14.0. The summed E-state index contributed by atoms with van der Waals surface area (Å²) in [6, 6.07) is 10.5. The van der Waals surface area contributed by atoms with Gasteiger partial charge in [-0.15, -0.1) is 0 Å². The molecule has 2 aromatic carbocycles. The number of rotatable bonds is 2. The van der Waals surface area contributed by atoms with Crippen molar-refractivity contribution in [3.63, 3.8) is 0 Å². The molecule has 29 heavy (non-hydrogen) atoms. The average Bonchev–Trinajstić information content (AvgIpc) is 3.07. The van der Waals surface area contributed by atoms with Gasteiger partial charge in [0, 0.05) is 0 Å². The summed E-state index contributed by atoms with van der Waals surface area (Å²) in [6.07, 6.45) is 1.83. The van der Waals surface area contributed by atoms with E-state index in [9.17, 15) is 9.18 Å². The van der Waals surface area contributed by atoms with Crippen LogP contribution in [0.15, 0.2) is 47.8 Å². The van der Waals surface area contributed by atoms with Crippen molar-refractivity contribution in [2.24, 2.45) is 0 Å². The normalized spacial score (nSPS) is 20.2. The fraction of sp³-hybridized carbons (Fsp3) is 0.238. The molecule has 2 aliphatic heterocycles. The largest absolute Gasteiger partial charge is 0.481 e. The number of halogens is 1. The van der Waals surface area contributed by atoms with Gasteiger partial charge in [-0.25, -0.2) is 14.1 Å². The lowest BCUT2D eigenvalue weighted by atomic mass is 9.96. The number of fused-ring (bicyclic) bond motifs is 2. The number of hydrogen-bond acceptors (Lipinski definition) is 5. The number of imidazole rings is 1. The molecule has 3 heterocycles. The number of benzene rings is 2. The lowest BCUT2D eigenvalue weighted by molar-refractivity contribution is -0.118. The number of anilines is 1. The Kier molecular flexibility index (Phi) is 4.24. The highest BCUT2D eigenvalue weighted by Crippen LogP contribution is 2.49. The molecule has 0 aliphatic carbocycles. The first-order valence-electron chi connectivity index (χ1n) is 9.30. The van der Waals surface area contributed by atoms with E-state index < -0.39 is 0 Å². The third kappa shape index (κ3) is 3.13. The van der Waals surface area contributed by atoms with Gasteiger partial charge in [0.2, 0.25) is 0 Å². The maximum Gasteiger partial charge on any atom is 0.262 e. The molecule has 2 unspecified atom stereocenters. The molecule has 0 saturated heterocycles. The monoisotopic (exact) mass is 410 g/mol. The Morgan fingerprint density at radius 3 is 2.79 bits per heavy atom. The van der Waals surface area contributed by atoms with Gasteiger partial charge in [-0.1, -0.05) is 30.0 Å². The molecule has 2 atom stereocenters. The molecule has 2 N–H and O–H groups in total. The number of carbonyl (C=O) groups excluding carboxylic acids is 1. The quantitative estimate of drug-likeness (QED) is 0.666. The second-order valence-corrected chi connectivity index (χ2v) is 8.37. The molecule has 3 aromatic rings. The van der Waals surface area contributed by atoms with Gasteiger partial charge >= 0.3 is 0 Å². The van der Waals surface area contributed by atoms with E-state index in [1.54, 1.807) is 23.9 Å². The van der Waals surface area contributed by atoms with E-state index in [1.165, 1.54) is 12.1 Å². The maximum absolute atomic E-state index is 13.5. The maximum atomic E-state index is 13.5. The minimum absolute atomic E-state index is 0.0296. The van der Waals surface area contributed by atoms with Crippen LogP contribution in [-0.2, 0) is 4.79 Å². The number of carbonyl (C=O) groups is 1. The molecule has 148 valence electrons. The van der Waals surface area contributed by atoms with E-state index in [-0.39, 0.29) is 29.6 Å². The van der Waals surface area contributed by atoms with E-state index in [2.05, 4.69) is 21.8 Å². The highest BCUT2D eigenvalue weighted by molar-refractivity contribution is 7.99. The smallest absolute Gasteiger partial charge is 0.262 e. The Morgan fingerprint density at radius 1 is 1.21 bits per heavy atom. The van der Waals surface area contributed by atoms with Gasteiger partial charge in [0.25, 0.3) is 5.91 Å². The lowest BCUT2D eigenvalue weighted by Crippen LogP contribution is -2.31. The molecule has 5 rings (SSSR count). The molecule has 0 fully saturated rings. The number of amides is 1. The zero-order valence-corrected chi connectivity index (χ0v) is 16.7. The van der Waals surface area contributed by atoms with Gasteiger partial charge in [-0.3, -0.25) is 4.79 Å². The fourth-order valence-electron chi connectivity index (χ4n) is 3.80. The summed E-state index contributed by atoms with van der Waals surface area (Å²) >= 11 is 1.64. The van der Waals surface area contributed by atoms with E-state index in [1.807, 2.05) is 30.8 Å². The highest BCUT2D eigenvalue weighted by Gasteiger charge is 2.34. The van der Waals surface area contributed by atoms with Crippen LogP contribution in [0.2, 0.25) is 0 Å². The number of nitrogens with one attached hydrogen (secondary N) is 2. The van der Waals surface area contributed by atoms with E-state index in [0.29, 0.717) is 11.4 Å². The molecule has 0 spiro atoms. The standard InChI is InChI=1S/C21H19FN4O2S/c1-11-7-14(8-16-19(11)28-10-17(27)24-16)20-18(13-3-5-15(22)6-4-13)25-26-12(2)9-23-21(26)29-20/h3-9,18,20,25H,10H2,1-2H3,(H,24,27). The van der Waals surface area contributed by atoms with Gasteiger partial charge in [0.15, 0.2) is 11.8 Å². The lowest BCUT2D eigenvalue weighted by Gasteiger charge is -2.35. The predicted molar refractivity (Wildman–Crippen MR) is 109 cm³/mol. The highest BCUT2D eigenvalue weighted by atomic mass is 32.2. The molecule has 6 nitrogen and oxygen atoms in total. The number of ether oxygens (including phenoxy) is 1. The Bertz CT molecular complexity index is 1110. The molecule has 0 saturated carbocycles. The fourth-order valence-corrected chi connectivity index (χ4v) is 5.07. The first-order valence-corrected chi connectivity index (χ1v) is 10.2. The SMILES string of the molecule is Cc1cc(C2Sc3ncc(C)n3NC2c2ccc(F)cc2)cc2c1OCC(=O)N2. The van der Waals surface area contributed by atoms with Crippen molar-refractivity contribution in [1.29, 1.82) is 0 Å². The Hall–Kier alpha value is -3.00. The van der Waals surface area contributed by atoms with E-state index >= 15 is 0 Å². The second kappa shape index (κ2) is 6.81. The Labute approximate surface area is 171 Å². The molecular formula is C21H19FN4O2S. The molecular weight excluding hydrogens is 391 g/mol. The molecule has 0 bridgehead atoms. The number of aryl methyl sites for hydroxylation is 2. The zero-order chi connectivity index (χ0) is 20.1. The number of hydrogen-bond donors (Lipinski definition) is 2. The second-order valence-electron chi connectivity index (χ2n) is 7.27. The third-order valence-corrected chi connectivity index (χ3v) is 6.48. The van der Waals surface area contributed by atoms with Crippen molar-refractivity contribution < 1.29 is 13.9 Å². The van der Waals surface area contributed by atoms with E-state index in [0.717, 1.165) is 27.5 Å². The van der Waals surface area contributed by atoms with Crippen molar-refractivity contribution >= 4 is 23.4 Å². The molecule has 8 heteroatoms. The van der Waals surface area contributed by atoms with E-state index in [4.69, 9.17) is 4.74 Å². The summed E-state index contributed by atoms with van der Waals surface area (Å²) in [5.41, 5.74) is 8.17. The first kappa shape index (κ1) is 18.1. The molecule has 2 aliphatic rings. The average molecular weight is 410 g/mol. The van der Waals surface area contributed by atoms with Crippen LogP contribution in [-0.4, -0.2) is 22.2 Å². The Balaban J connectivity index is 1.61. The summed E-state index contributed by atoms with van der Waals surface area (Å²) in [5, 5.41) is 3.73. The minimum atomic E-state index is -0.266. The molecule has 0 radical (unpaired) electrons. The van der Waals surface area contributed by atoms with Crippen molar-refractivity contribution in [2.45, 2.75) is 30.3 Å². The summed E-state index contributed by atoms with van der Waals surface area (Å²) in [4.78, 5) is 16.3. The van der Waals surface area contributed by atoms with Gasteiger partial charge in [0.05, 0.1) is 28.9 Å². The van der Waals surface area contributed by atoms with Crippen LogP contribution in [0.1, 0.15) is 33.7 Å². The van der Waals surface area contributed by atoms with Crippen LogP contribution in [0, 0.1) is 19.7 Å². The van der Waals surface area contributed by atoms with Crippen molar-refractivity contribution in [3.05, 3.63) is 70.8 Å². The number of thioether (sulfide) groups is 1. The summed E-state index contributed by atoms with van der Waals surface area (Å²) in [7, 11) is 0. The number of aromatic nitrogens is 2. The predicted octanol–water partition coefficient (Wildman–Crippen LogP) is 4.10. The van der Waals surface area contributed by atoms with Gasteiger partial charge in [0.1, 0.15) is 11.6 Å².